The standard InChI is InChI=1S/C33H37F2N5O3/c1-22-31(40(27-8-6-5-7-9-27)37-32(22)23-12-13-36-26(16-23)21-38(2)3)19-28(41)17-25-20-39(14-15-42-4)43-33(25)24-10-11-29(34)30(35)18-24/h5-13,16,18,25,33H,14-15,17,19-21H2,1-4H3/t25-,33+/m1/s1. The Bertz CT molecular complexity index is 1560. The molecular formula is C33H37F2N5O3. The van der Waals surface area contributed by atoms with E-state index < -0.39 is 17.7 Å². The van der Waals surface area contributed by atoms with Gasteiger partial charge in [-0.3, -0.25) is 14.6 Å². The molecule has 0 N–H and O–H groups in total. The van der Waals surface area contributed by atoms with Crippen LogP contribution in [0.15, 0.2) is 66.9 Å². The first-order valence-corrected chi connectivity index (χ1v) is 14.3. The number of hydrogen-bond acceptors (Lipinski definition) is 7. The van der Waals surface area contributed by atoms with Crippen LogP contribution in [0.25, 0.3) is 16.9 Å². The van der Waals surface area contributed by atoms with E-state index in [9.17, 15) is 13.6 Å². The molecule has 43 heavy (non-hydrogen) atoms. The summed E-state index contributed by atoms with van der Waals surface area (Å²) in [5.41, 5.74) is 5.73. The van der Waals surface area contributed by atoms with Crippen LogP contribution in [0.1, 0.15) is 35.0 Å². The summed E-state index contributed by atoms with van der Waals surface area (Å²) < 4.78 is 34.9. The van der Waals surface area contributed by atoms with Gasteiger partial charge in [-0.2, -0.15) is 10.2 Å². The molecular weight excluding hydrogens is 552 g/mol. The minimum Gasteiger partial charge on any atom is -0.383 e. The fourth-order valence-corrected chi connectivity index (χ4v) is 5.56. The zero-order valence-corrected chi connectivity index (χ0v) is 25.0. The molecule has 2 atom stereocenters. The molecule has 2 aromatic heterocycles. The van der Waals surface area contributed by atoms with Crippen molar-refractivity contribution in [3.63, 3.8) is 0 Å². The van der Waals surface area contributed by atoms with Crippen LogP contribution < -0.4 is 0 Å². The molecule has 226 valence electrons. The first-order valence-electron chi connectivity index (χ1n) is 14.3. The number of hydrogen-bond donors (Lipinski definition) is 0. The van der Waals surface area contributed by atoms with Crippen molar-refractivity contribution in [3.8, 4) is 16.9 Å². The van der Waals surface area contributed by atoms with Gasteiger partial charge >= 0.3 is 0 Å². The van der Waals surface area contributed by atoms with E-state index in [1.807, 2.05) is 68.2 Å². The zero-order valence-electron chi connectivity index (χ0n) is 25.0. The average molecular weight is 590 g/mol. The van der Waals surface area contributed by atoms with Crippen LogP contribution in [0.3, 0.4) is 0 Å². The first kappa shape index (κ1) is 30.6. The highest BCUT2D eigenvalue weighted by Gasteiger charge is 2.37. The van der Waals surface area contributed by atoms with E-state index in [4.69, 9.17) is 14.7 Å². The van der Waals surface area contributed by atoms with Gasteiger partial charge in [0.15, 0.2) is 11.6 Å². The molecule has 0 radical (unpaired) electrons. The zero-order chi connectivity index (χ0) is 30.5. The Morgan fingerprint density at radius 2 is 1.88 bits per heavy atom. The summed E-state index contributed by atoms with van der Waals surface area (Å²) in [5.74, 6) is -2.12. The molecule has 1 fully saturated rings. The minimum atomic E-state index is -0.943. The minimum absolute atomic E-state index is 0.00420. The molecule has 0 aliphatic carbocycles. The number of ether oxygens (including phenoxy) is 1. The van der Waals surface area contributed by atoms with Crippen molar-refractivity contribution in [1.29, 1.82) is 0 Å². The molecule has 1 aliphatic heterocycles. The maximum Gasteiger partial charge on any atom is 0.159 e. The molecule has 10 heteroatoms. The van der Waals surface area contributed by atoms with Gasteiger partial charge in [0.1, 0.15) is 11.9 Å². The smallest absolute Gasteiger partial charge is 0.159 e. The van der Waals surface area contributed by atoms with Gasteiger partial charge in [0, 0.05) is 57.3 Å². The molecule has 0 amide bonds. The van der Waals surface area contributed by atoms with Gasteiger partial charge in [0.25, 0.3) is 0 Å². The van der Waals surface area contributed by atoms with Crippen molar-refractivity contribution in [2.24, 2.45) is 5.92 Å². The van der Waals surface area contributed by atoms with Crippen molar-refractivity contribution in [2.45, 2.75) is 32.4 Å². The third-order valence-electron chi connectivity index (χ3n) is 7.61. The van der Waals surface area contributed by atoms with E-state index in [1.54, 1.807) is 18.4 Å². The lowest BCUT2D eigenvalue weighted by Crippen LogP contribution is -2.24. The lowest BCUT2D eigenvalue weighted by molar-refractivity contribution is -0.155. The number of rotatable bonds is 12. The molecule has 0 saturated carbocycles. The Kier molecular flexibility index (Phi) is 9.72. The van der Waals surface area contributed by atoms with E-state index >= 15 is 0 Å². The highest BCUT2D eigenvalue weighted by Crippen LogP contribution is 2.37. The van der Waals surface area contributed by atoms with Crippen LogP contribution >= 0.6 is 0 Å². The number of methoxy groups -OCH3 is 1. The average Bonchev–Trinajstić information content (AvgIpc) is 3.54. The second kappa shape index (κ2) is 13.6. The summed E-state index contributed by atoms with van der Waals surface area (Å²) in [5, 5.41) is 6.72. The maximum absolute atomic E-state index is 14.1. The largest absolute Gasteiger partial charge is 0.383 e. The number of carbonyl (C=O) groups is 1. The number of nitrogens with zero attached hydrogens (tertiary/aromatic N) is 5. The van der Waals surface area contributed by atoms with Crippen molar-refractivity contribution < 1.29 is 23.1 Å². The summed E-state index contributed by atoms with van der Waals surface area (Å²) in [6.45, 7) is 4.08. The summed E-state index contributed by atoms with van der Waals surface area (Å²) in [6.07, 6.45) is 1.55. The number of Topliss-reactive ketones (excluding diaryl/α,β-unsaturated/α-hetero) is 1. The van der Waals surface area contributed by atoms with Gasteiger partial charge in [-0.1, -0.05) is 24.3 Å². The molecule has 0 spiro atoms. The normalized spacial score (nSPS) is 17.2. The monoisotopic (exact) mass is 589 g/mol. The Morgan fingerprint density at radius 1 is 1.09 bits per heavy atom. The molecule has 0 bridgehead atoms. The first-order chi connectivity index (χ1) is 20.7. The number of carbonyl (C=O) groups excluding carboxylic acids is 1. The quantitative estimate of drug-likeness (QED) is 0.221. The number of halogens is 2. The van der Waals surface area contributed by atoms with Crippen LogP contribution in [-0.2, 0) is 27.3 Å². The molecule has 1 saturated heterocycles. The molecule has 1 aliphatic rings. The number of para-hydroxylation sites is 1. The number of ketones is 1. The molecule has 5 rings (SSSR count). The molecule has 0 unspecified atom stereocenters. The van der Waals surface area contributed by atoms with Crippen LogP contribution in [0.2, 0.25) is 0 Å². The Labute approximate surface area is 250 Å². The van der Waals surface area contributed by atoms with Crippen LogP contribution in [0.5, 0.6) is 0 Å². The van der Waals surface area contributed by atoms with Gasteiger partial charge < -0.3 is 9.64 Å². The third kappa shape index (κ3) is 7.22. The molecule has 4 aromatic rings. The third-order valence-corrected chi connectivity index (χ3v) is 7.61. The van der Waals surface area contributed by atoms with Gasteiger partial charge in [0.05, 0.1) is 29.4 Å². The van der Waals surface area contributed by atoms with E-state index in [0.717, 1.165) is 46.0 Å². The SMILES string of the molecule is COCCN1C[C@@H](CC(=O)Cc2c(C)c(-c3ccnc(CN(C)C)c3)nn2-c2ccccc2)[C@H](c2ccc(F)c(F)c2)O1. The van der Waals surface area contributed by atoms with E-state index in [2.05, 4.69) is 9.88 Å². The molecule has 8 nitrogen and oxygen atoms in total. The fourth-order valence-electron chi connectivity index (χ4n) is 5.56. The van der Waals surface area contributed by atoms with E-state index in [0.29, 0.717) is 31.8 Å². The van der Waals surface area contributed by atoms with Gasteiger partial charge in [0.2, 0.25) is 0 Å². The number of hydroxylamine groups is 2. The van der Waals surface area contributed by atoms with Crippen molar-refractivity contribution >= 4 is 5.78 Å². The fraction of sp³-hybridized carbons (Fsp3) is 0.364. The maximum atomic E-state index is 14.1. The summed E-state index contributed by atoms with van der Waals surface area (Å²) in [7, 11) is 5.60. The second-order valence-electron chi connectivity index (χ2n) is 11.2. The predicted octanol–water partition coefficient (Wildman–Crippen LogP) is 5.34. The summed E-state index contributed by atoms with van der Waals surface area (Å²) >= 11 is 0. The topological polar surface area (TPSA) is 72.7 Å². The van der Waals surface area contributed by atoms with Crippen molar-refractivity contribution in [2.75, 3.05) is 40.9 Å². The van der Waals surface area contributed by atoms with E-state index in [-0.39, 0.29) is 24.5 Å². The van der Waals surface area contributed by atoms with Crippen LogP contribution in [0.4, 0.5) is 8.78 Å². The van der Waals surface area contributed by atoms with Crippen LogP contribution in [0, 0.1) is 24.5 Å². The Morgan fingerprint density at radius 3 is 2.60 bits per heavy atom. The van der Waals surface area contributed by atoms with Crippen LogP contribution in [-0.4, -0.2) is 71.4 Å². The lowest BCUT2D eigenvalue weighted by Gasteiger charge is -2.18. The van der Waals surface area contributed by atoms with Crippen molar-refractivity contribution in [1.82, 2.24) is 24.7 Å². The Balaban J connectivity index is 1.43. The van der Waals surface area contributed by atoms with Crippen molar-refractivity contribution in [3.05, 3.63) is 101 Å². The predicted molar refractivity (Wildman–Crippen MR) is 159 cm³/mol. The number of benzene rings is 2. The Hall–Kier alpha value is -3.83. The van der Waals surface area contributed by atoms with E-state index in [1.165, 1.54) is 6.07 Å². The van der Waals surface area contributed by atoms with Gasteiger partial charge in [-0.15, -0.1) is 0 Å². The highest BCUT2D eigenvalue weighted by molar-refractivity contribution is 5.82. The number of pyridine rings is 1. The van der Waals surface area contributed by atoms with Gasteiger partial charge in [-0.25, -0.2) is 13.5 Å². The highest BCUT2D eigenvalue weighted by atomic mass is 19.2. The molecule has 3 heterocycles. The molecule has 2 aromatic carbocycles. The summed E-state index contributed by atoms with van der Waals surface area (Å²) in [6, 6.07) is 17.5. The van der Waals surface area contributed by atoms with Gasteiger partial charge in [-0.05, 0) is 68.5 Å². The lowest BCUT2D eigenvalue weighted by atomic mass is 9.90. The summed E-state index contributed by atoms with van der Waals surface area (Å²) in [4.78, 5) is 26.4. The number of aromatic nitrogens is 3. The second-order valence-corrected chi connectivity index (χ2v) is 11.2.